The molecule has 2 aromatic carbocycles. The average molecular weight is 402 g/mol. The van der Waals surface area contributed by atoms with Crippen LogP contribution in [-0.2, 0) is 0 Å². The molecule has 0 aromatic heterocycles. The van der Waals surface area contributed by atoms with Gasteiger partial charge in [0, 0.05) is 10.2 Å². The Kier molecular flexibility index (Phi) is 4.45. The van der Waals surface area contributed by atoms with E-state index in [9.17, 15) is 9.18 Å². The molecule has 3 nitrogen and oxygen atoms in total. The van der Waals surface area contributed by atoms with Crippen molar-refractivity contribution in [2.75, 3.05) is 11.1 Å². The summed E-state index contributed by atoms with van der Waals surface area (Å²) in [5.41, 5.74) is 8.05. The number of halogens is 3. The summed E-state index contributed by atoms with van der Waals surface area (Å²) < 4.78 is 14.3. The lowest BCUT2D eigenvalue weighted by atomic mass is 10.1. The topological polar surface area (TPSA) is 55.1 Å². The summed E-state index contributed by atoms with van der Waals surface area (Å²) in [5, 5.41) is 2.70. The van der Waals surface area contributed by atoms with Gasteiger partial charge in [-0.1, -0.05) is 6.07 Å². The van der Waals surface area contributed by atoms with Crippen LogP contribution < -0.4 is 11.1 Å². The molecule has 2 aromatic rings. The zero-order valence-electron chi connectivity index (χ0n) is 10.5. The second-order valence-electron chi connectivity index (χ2n) is 4.24. The summed E-state index contributed by atoms with van der Waals surface area (Å²) in [6, 6.07) is 7.76. The van der Waals surface area contributed by atoms with Crippen molar-refractivity contribution in [2.24, 2.45) is 0 Å². The van der Waals surface area contributed by atoms with Gasteiger partial charge in [0.15, 0.2) is 0 Å². The average Bonchev–Trinajstić information content (AvgIpc) is 2.39. The summed E-state index contributed by atoms with van der Waals surface area (Å²) in [6.45, 7) is 1.87. The molecular weight excluding hydrogens is 391 g/mol. The third-order valence-corrected chi connectivity index (χ3v) is 4.26. The van der Waals surface area contributed by atoms with Gasteiger partial charge in [-0.2, -0.15) is 0 Å². The van der Waals surface area contributed by atoms with Gasteiger partial charge in [-0.25, -0.2) is 4.39 Å². The number of aryl methyl sites for hydroxylation is 1. The fraction of sp³-hybridized carbons (Fsp3) is 0.0714. The monoisotopic (exact) mass is 400 g/mol. The number of carbonyl (C=O) groups is 1. The first kappa shape index (κ1) is 15.0. The van der Waals surface area contributed by atoms with Crippen LogP contribution in [0.5, 0.6) is 0 Å². The molecule has 0 fully saturated rings. The molecule has 0 aliphatic carbocycles. The van der Waals surface area contributed by atoms with E-state index < -0.39 is 11.7 Å². The van der Waals surface area contributed by atoms with Crippen molar-refractivity contribution in [1.29, 1.82) is 0 Å². The summed E-state index contributed by atoms with van der Waals surface area (Å²) >= 11 is 6.43. The van der Waals surface area contributed by atoms with E-state index in [1.807, 2.05) is 13.0 Å². The number of hydrogen-bond donors (Lipinski definition) is 2. The zero-order valence-corrected chi connectivity index (χ0v) is 13.7. The van der Waals surface area contributed by atoms with Gasteiger partial charge < -0.3 is 11.1 Å². The molecule has 0 saturated carbocycles. The van der Waals surface area contributed by atoms with Gasteiger partial charge in [0.2, 0.25) is 0 Å². The summed E-state index contributed by atoms with van der Waals surface area (Å²) in [6.07, 6.45) is 0. The molecule has 2 rings (SSSR count). The zero-order chi connectivity index (χ0) is 14.9. The molecule has 1 amide bonds. The predicted molar refractivity (Wildman–Crippen MR) is 85.3 cm³/mol. The Hall–Kier alpha value is -1.40. The SMILES string of the molecule is Cc1cc(Br)c(NC(=O)c2cccc(F)c2Br)cc1N. The highest BCUT2D eigenvalue weighted by Gasteiger charge is 2.14. The Labute approximate surface area is 132 Å². The van der Waals surface area contributed by atoms with E-state index in [4.69, 9.17) is 5.73 Å². The number of carbonyl (C=O) groups excluding carboxylic acids is 1. The van der Waals surface area contributed by atoms with Gasteiger partial charge in [-0.15, -0.1) is 0 Å². The molecule has 0 saturated heterocycles. The first-order valence-electron chi connectivity index (χ1n) is 5.71. The maximum absolute atomic E-state index is 13.4. The maximum atomic E-state index is 13.4. The highest BCUT2D eigenvalue weighted by Crippen LogP contribution is 2.29. The molecule has 0 aliphatic heterocycles. The van der Waals surface area contributed by atoms with Crippen LogP contribution >= 0.6 is 31.9 Å². The molecule has 3 N–H and O–H groups in total. The lowest BCUT2D eigenvalue weighted by Gasteiger charge is -2.11. The molecule has 0 atom stereocenters. The minimum atomic E-state index is -0.486. The molecule has 20 heavy (non-hydrogen) atoms. The minimum Gasteiger partial charge on any atom is -0.398 e. The van der Waals surface area contributed by atoms with E-state index in [1.165, 1.54) is 18.2 Å². The summed E-state index contributed by atoms with van der Waals surface area (Å²) in [5.74, 6) is -0.902. The van der Waals surface area contributed by atoms with Crippen LogP contribution in [0.15, 0.2) is 39.3 Å². The Bertz CT molecular complexity index is 689. The Morgan fingerprint density at radius 1 is 1.30 bits per heavy atom. The fourth-order valence-corrected chi connectivity index (χ4v) is 2.66. The molecule has 104 valence electrons. The first-order chi connectivity index (χ1) is 9.40. The molecule has 0 bridgehead atoms. The second-order valence-corrected chi connectivity index (χ2v) is 5.89. The minimum absolute atomic E-state index is 0.133. The van der Waals surface area contributed by atoms with Gasteiger partial charge in [0.1, 0.15) is 5.82 Å². The predicted octanol–water partition coefficient (Wildman–Crippen LogP) is 4.49. The van der Waals surface area contributed by atoms with Crippen molar-refractivity contribution in [1.82, 2.24) is 0 Å². The van der Waals surface area contributed by atoms with Crippen LogP contribution in [0, 0.1) is 12.7 Å². The molecule has 6 heteroatoms. The molecule has 0 heterocycles. The van der Waals surface area contributed by atoms with E-state index in [-0.39, 0.29) is 10.0 Å². The Morgan fingerprint density at radius 3 is 2.70 bits per heavy atom. The Balaban J connectivity index is 2.33. The van der Waals surface area contributed by atoms with Gasteiger partial charge in [-0.05, 0) is 68.6 Å². The number of rotatable bonds is 2. The van der Waals surface area contributed by atoms with Crippen LogP contribution in [0.4, 0.5) is 15.8 Å². The van der Waals surface area contributed by atoms with Gasteiger partial charge in [-0.3, -0.25) is 4.79 Å². The molecular formula is C14H11Br2FN2O. The smallest absolute Gasteiger partial charge is 0.256 e. The van der Waals surface area contributed by atoms with Crippen molar-refractivity contribution >= 4 is 49.1 Å². The van der Waals surface area contributed by atoms with Crippen molar-refractivity contribution in [3.05, 3.63) is 56.2 Å². The van der Waals surface area contributed by atoms with Gasteiger partial charge in [0.05, 0.1) is 15.7 Å². The number of nitrogen functional groups attached to an aromatic ring is 1. The second kappa shape index (κ2) is 5.93. The van der Waals surface area contributed by atoms with Crippen molar-refractivity contribution < 1.29 is 9.18 Å². The van der Waals surface area contributed by atoms with Crippen molar-refractivity contribution in [2.45, 2.75) is 6.92 Å². The lowest BCUT2D eigenvalue weighted by Crippen LogP contribution is -2.14. The highest BCUT2D eigenvalue weighted by molar-refractivity contribution is 9.11. The number of benzene rings is 2. The van der Waals surface area contributed by atoms with E-state index in [0.717, 1.165) is 5.56 Å². The van der Waals surface area contributed by atoms with Crippen molar-refractivity contribution in [3.8, 4) is 0 Å². The molecule has 0 radical (unpaired) electrons. The number of amides is 1. The van der Waals surface area contributed by atoms with Gasteiger partial charge in [0.25, 0.3) is 5.91 Å². The quantitative estimate of drug-likeness (QED) is 0.728. The normalized spacial score (nSPS) is 10.4. The highest BCUT2D eigenvalue weighted by atomic mass is 79.9. The van der Waals surface area contributed by atoms with E-state index in [0.29, 0.717) is 15.8 Å². The van der Waals surface area contributed by atoms with Crippen LogP contribution in [0.2, 0.25) is 0 Å². The molecule has 0 unspecified atom stereocenters. The van der Waals surface area contributed by atoms with Crippen LogP contribution in [0.25, 0.3) is 0 Å². The van der Waals surface area contributed by atoms with Crippen LogP contribution in [0.1, 0.15) is 15.9 Å². The van der Waals surface area contributed by atoms with E-state index >= 15 is 0 Å². The summed E-state index contributed by atoms with van der Waals surface area (Å²) in [7, 11) is 0. The summed E-state index contributed by atoms with van der Waals surface area (Å²) in [4.78, 5) is 12.2. The largest absolute Gasteiger partial charge is 0.398 e. The number of anilines is 2. The third-order valence-electron chi connectivity index (χ3n) is 2.80. The maximum Gasteiger partial charge on any atom is 0.256 e. The number of hydrogen-bond acceptors (Lipinski definition) is 2. The number of nitrogens with one attached hydrogen (secondary N) is 1. The Morgan fingerprint density at radius 2 is 2.00 bits per heavy atom. The van der Waals surface area contributed by atoms with Crippen LogP contribution in [-0.4, -0.2) is 5.91 Å². The van der Waals surface area contributed by atoms with E-state index in [1.54, 1.807) is 6.07 Å². The third kappa shape index (κ3) is 3.02. The lowest BCUT2D eigenvalue weighted by molar-refractivity contribution is 0.102. The van der Waals surface area contributed by atoms with Gasteiger partial charge >= 0.3 is 0 Å². The van der Waals surface area contributed by atoms with Crippen molar-refractivity contribution in [3.63, 3.8) is 0 Å². The number of nitrogens with two attached hydrogens (primary N) is 1. The standard InChI is InChI=1S/C14H11Br2FN2O/c1-7-5-9(15)12(6-11(7)18)19-14(20)8-3-2-4-10(17)13(8)16/h2-6H,18H2,1H3,(H,19,20). The molecule has 0 spiro atoms. The first-order valence-corrected chi connectivity index (χ1v) is 7.29. The fourth-order valence-electron chi connectivity index (χ4n) is 1.65. The van der Waals surface area contributed by atoms with Crippen LogP contribution in [0.3, 0.4) is 0 Å². The van der Waals surface area contributed by atoms with E-state index in [2.05, 4.69) is 37.2 Å². The molecule has 0 aliphatic rings.